The van der Waals surface area contributed by atoms with Crippen molar-refractivity contribution >= 4 is 58.0 Å². The molecule has 0 saturated carbocycles. The van der Waals surface area contributed by atoms with Gasteiger partial charge in [-0.3, -0.25) is 14.4 Å². The third-order valence-electron chi connectivity index (χ3n) is 5.20. The number of ether oxygens (including phenoxy) is 1. The highest BCUT2D eigenvalue weighted by Crippen LogP contribution is 2.32. The monoisotopic (exact) mass is 495 g/mol. The van der Waals surface area contributed by atoms with Crippen molar-refractivity contribution in [2.24, 2.45) is 0 Å². The molecular formula is C25H19Cl2N3O4. The summed E-state index contributed by atoms with van der Waals surface area (Å²) in [5, 5.41) is 5.97. The molecule has 0 saturated heterocycles. The van der Waals surface area contributed by atoms with Gasteiger partial charge >= 0.3 is 0 Å². The number of amides is 3. The SMILES string of the molecule is COc1ccc(N2C(=O)C(Cl)=C(Nc3cc(C(=O)Nc4cccc(Cl)c4)ccc3C)C2=O)cc1. The van der Waals surface area contributed by atoms with Crippen molar-refractivity contribution in [3.63, 3.8) is 0 Å². The molecule has 4 rings (SSSR count). The van der Waals surface area contributed by atoms with Gasteiger partial charge in [0, 0.05) is 22.0 Å². The summed E-state index contributed by atoms with van der Waals surface area (Å²) in [6, 6.07) is 18.2. The zero-order chi connectivity index (χ0) is 24.4. The number of nitrogens with zero attached hydrogens (tertiary/aromatic N) is 1. The Bertz CT molecular complexity index is 1340. The summed E-state index contributed by atoms with van der Waals surface area (Å²) in [5.41, 5.74) is 2.39. The Morgan fingerprint density at radius 2 is 1.68 bits per heavy atom. The van der Waals surface area contributed by atoms with Gasteiger partial charge in [0.05, 0.1) is 12.8 Å². The lowest BCUT2D eigenvalue weighted by Gasteiger charge is -2.16. The third-order valence-corrected chi connectivity index (χ3v) is 5.79. The van der Waals surface area contributed by atoms with Gasteiger partial charge in [0.25, 0.3) is 17.7 Å². The predicted molar refractivity (Wildman–Crippen MR) is 133 cm³/mol. The molecule has 0 spiro atoms. The summed E-state index contributed by atoms with van der Waals surface area (Å²) in [5.74, 6) is -1.02. The molecule has 172 valence electrons. The van der Waals surface area contributed by atoms with E-state index in [0.29, 0.717) is 33.4 Å². The second-order valence-electron chi connectivity index (χ2n) is 7.45. The van der Waals surface area contributed by atoms with E-state index in [1.165, 1.54) is 7.11 Å². The molecule has 0 unspecified atom stereocenters. The van der Waals surface area contributed by atoms with E-state index in [1.54, 1.807) is 73.7 Å². The zero-order valence-corrected chi connectivity index (χ0v) is 19.7. The Hall–Kier alpha value is -3.81. The van der Waals surface area contributed by atoms with E-state index >= 15 is 0 Å². The number of carbonyl (C=O) groups excluding carboxylic acids is 3. The summed E-state index contributed by atoms with van der Waals surface area (Å²) < 4.78 is 5.12. The molecule has 3 aromatic rings. The highest BCUT2D eigenvalue weighted by Gasteiger charge is 2.39. The van der Waals surface area contributed by atoms with Crippen LogP contribution in [0.4, 0.5) is 17.1 Å². The van der Waals surface area contributed by atoms with Crippen LogP contribution in [0.2, 0.25) is 5.02 Å². The van der Waals surface area contributed by atoms with Crippen LogP contribution in [0.1, 0.15) is 15.9 Å². The van der Waals surface area contributed by atoms with Crippen LogP contribution in [-0.4, -0.2) is 24.8 Å². The fourth-order valence-corrected chi connectivity index (χ4v) is 3.78. The fraction of sp³-hybridized carbons (Fsp3) is 0.0800. The molecular weight excluding hydrogens is 477 g/mol. The van der Waals surface area contributed by atoms with Gasteiger partial charge in [-0.1, -0.05) is 35.3 Å². The van der Waals surface area contributed by atoms with E-state index < -0.39 is 11.8 Å². The highest BCUT2D eigenvalue weighted by molar-refractivity contribution is 6.53. The molecule has 0 bridgehead atoms. The van der Waals surface area contributed by atoms with E-state index in [4.69, 9.17) is 27.9 Å². The molecule has 0 fully saturated rings. The van der Waals surface area contributed by atoms with Crippen molar-refractivity contribution in [3.05, 3.63) is 93.6 Å². The van der Waals surface area contributed by atoms with Crippen molar-refractivity contribution in [1.82, 2.24) is 0 Å². The maximum atomic E-state index is 13.1. The lowest BCUT2D eigenvalue weighted by Crippen LogP contribution is -2.32. The molecule has 3 aromatic carbocycles. The van der Waals surface area contributed by atoms with Crippen LogP contribution in [0.15, 0.2) is 77.5 Å². The smallest absolute Gasteiger partial charge is 0.283 e. The highest BCUT2D eigenvalue weighted by atomic mass is 35.5. The normalized spacial score (nSPS) is 13.4. The van der Waals surface area contributed by atoms with Crippen LogP contribution >= 0.6 is 23.2 Å². The number of aryl methyl sites for hydroxylation is 1. The Morgan fingerprint density at radius 1 is 0.941 bits per heavy atom. The van der Waals surface area contributed by atoms with Crippen molar-refractivity contribution in [3.8, 4) is 5.75 Å². The number of carbonyl (C=O) groups is 3. The van der Waals surface area contributed by atoms with Crippen LogP contribution < -0.4 is 20.3 Å². The Kier molecular flexibility index (Phi) is 6.58. The Balaban J connectivity index is 1.57. The average Bonchev–Trinajstić information content (AvgIpc) is 3.03. The molecule has 0 radical (unpaired) electrons. The third kappa shape index (κ3) is 4.62. The number of hydrogen-bond donors (Lipinski definition) is 2. The lowest BCUT2D eigenvalue weighted by atomic mass is 10.1. The van der Waals surface area contributed by atoms with Gasteiger partial charge in [-0.15, -0.1) is 0 Å². The van der Waals surface area contributed by atoms with Crippen LogP contribution in [0.25, 0.3) is 0 Å². The second kappa shape index (κ2) is 9.59. The minimum absolute atomic E-state index is 0.0713. The maximum Gasteiger partial charge on any atom is 0.283 e. The number of methoxy groups -OCH3 is 1. The summed E-state index contributed by atoms with van der Waals surface area (Å²) in [6.07, 6.45) is 0. The van der Waals surface area contributed by atoms with Crippen molar-refractivity contribution in [2.45, 2.75) is 6.92 Å². The predicted octanol–water partition coefficient (Wildman–Crippen LogP) is 5.35. The van der Waals surface area contributed by atoms with Gasteiger partial charge in [0.2, 0.25) is 0 Å². The summed E-state index contributed by atoms with van der Waals surface area (Å²) in [6.45, 7) is 1.80. The number of rotatable bonds is 6. The van der Waals surface area contributed by atoms with Crippen LogP contribution in [0.5, 0.6) is 5.75 Å². The molecule has 0 atom stereocenters. The van der Waals surface area contributed by atoms with Crippen molar-refractivity contribution in [1.29, 1.82) is 0 Å². The molecule has 1 heterocycles. The Labute approximate surface area is 205 Å². The summed E-state index contributed by atoms with van der Waals surface area (Å²) in [7, 11) is 1.52. The first-order valence-electron chi connectivity index (χ1n) is 10.2. The van der Waals surface area contributed by atoms with Gasteiger partial charge in [-0.25, -0.2) is 4.90 Å². The van der Waals surface area contributed by atoms with Gasteiger partial charge < -0.3 is 15.4 Å². The molecule has 1 aliphatic rings. The first-order chi connectivity index (χ1) is 16.3. The van der Waals surface area contributed by atoms with Gasteiger partial charge in [0.1, 0.15) is 16.5 Å². The lowest BCUT2D eigenvalue weighted by molar-refractivity contribution is -0.120. The largest absolute Gasteiger partial charge is 0.497 e. The molecule has 7 nitrogen and oxygen atoms in total. The molecule has 2 N–H and O–H groups in total. The molecule has 3 amide bonds. The van der Waals surface area contributed by atoms with Crippen LogP contribution in [-0.2, 0) is 9.59 Å². The number of anilines is 3. The first kappa shape index (κ1) is 23.4. The van der Waals surface area contributed by atoms with Crippen LogP contribution in [0.3, 0.4) is 0 Å². The molecule has 0 aromatic heterocycles. The van der Waals surface area contributed by atoms with Crippen molar-refractivity contribution < 1.29 is 19.1 Å². The number of halogens is 2. The topological polar surface area (TPSA) is 87.7 Å². The van der Waals surface area contributed by atoms with E-state index in [2.05, 4.69) is 10.6 Å². The van der Waals surface area contributed by atoms with Gasteiger partial charge in [-0.2, -0.15) is 0 Å². The van der Waals surface area contributed by atoms with E-state index in [-0.39, 0.29) is 16.6 Å². The number of nitrogens with one attached hydrogen (secondary N) is 2. The van der Waals surface area contributed by atoms with E-state index in [9.17, 15) is 14.4 Å². The van der Waals surface area contributed by atoms with E-state index in [0.717, 1.165) is 10.5 Å². The molecule has 34 heavy (non-hydrogen) atoms. The number of imide groups is 1. The quantitative estimate of drug-likeness (QED) is 0.450. The standard InChI is InChI=1S/C25H19Cl2N3O4/c1-14-6-7-15(23(31)28-17-5-3-4-16(26)13-17)12-20(14)29-22-21(27)24(32)30(25(22)33)18-8-10-19(34-2)11-9-18/h3-13,29H,1-2H3,(H,28,31). The summed E-state index contributed by atoms with van der Waals surface area (Å²) >= 11 is 12.2. The van der Waals surface area contributed by atoms with Crippen LogP contribution in [0, 0.1) is 6.92 Å². The first-order valence-corrected chi connectivity index (χ1v) is 10.9. The van der Waals surface area contributed by atoms with Crippen molar-refractivity contribution in [2.75, 3.05) is 22.6 Å². The summed E-state index contributed by atoms with van der Waals surface area (Å²) in [4.78, 5) is 39.5. The molecule has 0 aliphatic carbocycles. The molecule has 1 aliphatic heterocycles. The minimum atomic E-state index is -0.646. The maximum absolute atomic E-state index is 13.1. The average molecular weight is 496 g/mol. The fourth-order valence-electron chi connectivity index (χ4n) is 3.38. The number of benzene rings is 3. The Morgan fingerprint density at radius 3 is 2.35 bits per heavy atom. The number of hydrogen-bond acceptors (Lipinski definition) is 5. The molecule has 9 heteroatoms. The second-order valence-corrected chi connectivity index (χ2v) is 8.27. The minimum Gasteiger partial charge on any atom is -0.497 e. The van der Waals surface area contributed by atoms with E-state index in [1.807, 2.05) is 0 Å². The zero-order valence-electron chi connectivity index (χ0n) is 18.2. The van der Waals surface area contributed by atoms with Gasteiger partial charge in [0.15, 0.2) is 0 Å². The van der Waals surface area contributed by atoms with Gasteiger partial charge in [-0.05, 0) is 67.1 Å².